The first-order valence-corrected chi connectivity index (χ1v) is 16.9. The van der Waals surface area contributed by atoms with Gasteiger partial charge in [-0.2, -0.15) is 5.10 Å². The summed E-state index contributed by atoms with van der Waals surface area (Å²) in [4.78, 5) is 37.9. The van der Waals surface area contributed by atoms with Crippen molar-refractivity contribution in [2.24, 2.45) is 5.41 Å². The van der Waals surface area contributed by atoms with Crippen LogP contribution in [0.5, 0.6) is 5.88 Å². The van der Waals surface area contributed by atoms with Crippen LogP contribution >= 0.6 is 0 Å². The number of nitrogens with one attached hydrogen (secondary N) is 1. The molecule has 12 nitrogen and oxygen atoms in total. The van der Waals surface area contributed by atoms with Crippen molar-refractivity contribution in [2.45, 2.75) is 39.2 Å². The van der Waals surface area contributed by atoms with Gasteiger partial charge in [0.1, 0.15) is 5.69 Å². The van der Waals surface area contributed by atoms with E-state index < -0.39 is 5.41 Å². The normalized spacial score (nSPS) is 19.8. The quantitative estimate of drug-likeness (QED) is 0.254. The van der Waals surface area contributed by atoms with E-state index in [1.165, 1.54) is 5.57 Å². The van der Waals surface area contributed by atoms with E-state index in [0.29, 0.717) is 38.6 Å². The molecule has 1 unspecified atom stereocenters. The van der Waals surface area contributed by atoms with Gasteiger partial charge in [0.05, 0.1) is 41.7 Å². The molecule has 0 aliphatic carbocycles. The van der Waals surface area contributed by atoms with Crippen LogP contribution in [0.25, 0.3) is 33.4 Å². The van der Waals surface area contributed by atoms with E-state index in [9.17, 15) is 9.59 Å². The predicted octanol–water partition coefficient (Wildman–Crippen LogP) is 4.74. The van der Waals surface area contributed by atoms with Gasteiger partial charge < -0.3 is 14.5 Å². The fourth-order valence-corrected chi connectivity index (χ4v) is 7.38. The zero-order valence-electron chi connectivity index (χ0n) is 27.7. The second-order valence-corrected chi connectivity index (χ2v) is 13.5. The average Bonchev–Trinajstić information content (AvgIpc) is 3.94. The van der Waals surface area contributed by atoms with Gasteiger partial charge >= 0.3 is 0 Å². The summed E-state index contributed by atoms with van der Waals surface area (Å²) in [6.45, 7) is 7.56. The van der Waals surface area contributed by atoms with Gasteiger partial charge in [-0.05, 0) is 87.2 Å². The van der Waals surface area contributed by atoms with Crippen LogP contribution in [0.15, 0.2) is 79.3 Å². The molecule has 6 heterocycles. The molecule has 3 aromatic heterocycles. The molecular weight excluding hydrogens is 618 g/mol. The molecule has 2 amide bonds. The van der Waals surface area contributed by atoms with Crippen LogP contribution in [0.2, 0.25) is 0 Å². The minimum atomic E-state index is -0.460. The van der Waals surface area contributed by atoms with Crippen molar-refractivity contribution in [3.63, 3.8) is 0 Å². The third-order valence-corrected chi connectivity index (χ3v) is 10.0. The Labute approximate surface area is 284 Å². The molecule has 12 heteroatoms. The summed E-state index contributed by atoms with van der Waals surface area (Å²) < 4.78 is 7.43. The van der Waals surface area contributed by atoms with E-state index in [0.717, 1.165) is 64.9 Å². The van der Waals surface area contributed by atoms with E-state index in [2.05, 4.69) is 48.6 Å². The lowest BCUT2D eigenvalue weighted by Gasteiger charge is -2.29. The highest BCUT2D eigenvalue weighted by Gasteiger charge is 2.51. The Morgan fingerprint density at radius 1 is 1.00 bits per heavy atom. The molecular formula is C37H39N9O3. The summed E-state index contributed by atoms with van der Waals surface area (Å²) in [6.07, 6.45) is 9.80. The minimum Gasteiger partial charge on any atom is -0.475 e. The van der Waals surface area contributed by atoms with Crippen LogP contribution in [0.3, 0.4) is 0 Å². The summed E-state index contributed by atoms with van der Waals surface area (Å²) in [5.74, 6) is 0.834. The number of aromatic amines is 1. The summed E-state index contributed by atoms with van der Waals surface area (Å²) in [5, 5.41) is 16.5. The Balaban J connectivity index is 0.894. The first kappa shape index (κ1) is 30.9. The lowest BCUT2D eigenvalue weighted by Crippen LogP contribution is -2.43. The van der Waals surface area contributed by atoms with Crippen molar-refractivity contribution in [1.29, 1.82) is 0 Å². The number of carbonyl (C=O) groups excluding carboxylic acids is 2. The smallest absolute Gasteiger partial charge is 0.237 e. The molecule has 8 rings (SSSR count). The molecule has 2 fully saturated rings. The third kappa shape index (κ3) is 5.97. The lowest BCUT2D eigenvalue weighted by atomic mass is 9.85. The number of hydrogen-bond acceptors (Lipinski definition) is 8. The van der Waals surface area contributed by atoms with E-state index in [-0.39, 0.29) is 17.9 Å². The van der Waals surface area contributed by atoms with Gasteiger partial charge in [0.2, 0.25) is 17.7 Å². The standard InChI is InChI=1S/C37H39N9O3/c1-25(2)49-33-10-5-28(22-38-33)35-31-21-30(8-9-32(31)40-41-35)45-19-14-37(36(45)48)13-18-43(24-37)23-34(47)44-16-11-27(12-17-44)26-3-6-29(7-4-26)46-20-15-39-42-46/h3-11,15,20-22,25H,12-14,16-19,23-24H2,1-2H3,(H,40,41). The second-order valence-electron chi connectivity index (χ2n) is 13.5. The van der Waals surface area contributed by atoms with Gasteiger partial charge in [-0.25, -0.2) is 9.67 Å². The van der Waals surface area contributed by atoms with Crippen molar-refractivity contribution in [2.75, 3.05) is 44.2 Å². The van der Waals surface area contributed by atoms with Crippen molar-refractivity contribution in [3.05, 3.63) is 84.8 Å². The van der Waals surface area contributed by atoms with Crippen LogP contribution in [0.1, 0.15) is 38.7 Å². The number of fused-ring (bicyclic) bond motifs is 1. The maximum absolute atomic E-state index is 14.0. The number of amides is 2. The van der Waals surface area contributed by atoms with Crippen molar-refractivity contribution >= 4 is 34.0 Å². The fraction of sp³-hybridized carbons (Fsp3) is 0.351. The minimum absolute atomic E-state index is 0.0458. The highest BCUT2D eigenvalue weighted by atomic mass is 16.5. The predicted molar refractivity (Wildman–Crippen MR) is 186 cm³/mol. The number of H-pyrrole nitrogens is 1. The fourth-order valence-electron chi connectivity index (χ4n) is 7.38. The summed E-state index contributed by atoms with van der Waals surface area (Å²) in [6, 6.07) is 18.1. The van der Waals surface area contributed by atoms with Crippen LogP contribution in [0.4, 0.5) is 5.69 Å². The molecule has 1 spiro atoms. The first-order valence-electron chi connectivity index (χ1n) is 16.9. The number of ether oxygens (including phenoxy) is 1. The summed E-state index contributed by atoms with van der Waals surface area (Å²) in [5.41, 5.74) is 6.33. The van der Waals surface area contributed by atoms with E-state index in [4.69, 9.17) is 4.74 Å². The van der Waals surface area contributed by atoms with Gasteiger partial charge in [0, 0.05) is 55.1 Å². The SMILES string of the molecule is CC(C)Oc1ccc(-c2n[nH]c3ccc(N4CCC5(CCN(CC(=O)N6CC=C(c7ccc(-n8ccnn8)cc7)CC6)C5)C4=O)cc23)cn1. The van der Waals surface area contributed by atoms with E-state index in [1.54, 1.807) is 17.1 Å². The molecule has 49 heavy (non-hydrogen) atoms. The number of hydrogen-bond donors (Lipinski definition) is 1. The maximum atomic E-state index is 14.0. The second kappa shape index (κ2) is 12.6. The number of aromatic nitrogens is 6. The van der Waals surface area contributed by atoms with Crippen LogP contribution < -0.4 is 9.64 Å². The molecule has 5 aromatic rings. The molecule has 1 atom stereocenters. The Bertz CT molecular complexity index is 2020. The zero-order valence-corrected chi connectivity index (χ0v) is 27.7. The average molecular weight is 658 g/mol. The molecule has 0 saturated carbocycles. The number of carbonyl (C=O) groups is 2. The lowest BCUT2D eigenvalue weighted by molar-refractivity contribution is -0.132. The van der Waals surface area contributed by atoms with Crippen molar-refractivity contribution in [1.82, 2.24) is 40.0 Å². The molecule has 3 aliphatic rings. The zero-order chi connectivity index (χ0) is 33.5. The van der Waals surface area contributed by atoms with Crippen LogP contribution in [0, 0.1) is 5.41 Å². The molecule has 0 bridgehead atoms. The molecule has 3 aliphatic heterocycles. The number of benzene rings is 2. The van der Waals surface area contributed by atoms with Gasteiger partial charge in [-0.1, -0.05) is 23.4 Å². The number of likely N-dealkylation sites (tertiary alicyclic amines) is 1. The number of rotatable bonds is 8. The molecule has 2 saturated heterocycles. The third-order valence-electron chi connectivity index (χ3n) is 10.0. The van der Waals surface area contributed by atoms with Crippen LogP contribution in [-0.4, -0.2) is 97.2 Å². The largest absolute Gasteiger partial charge is 0.475 e. The summed E-state index contributed by atoms with van der Waals surface area (Å²) >= 11 is 0. The van der Waals surface area contributed by atoms with E-state index in [1.807, 2.05) is 72.3 Å². The Morgan fingerprint density at radius 2 is 1.82 bits per heavy atom. The molecule has 0 radical (unpaired) electrons. The monoisotopic (exact) mass is 657 g/mol. The highest BCUT2D eigenvalue weighted by Crippen LogP contribution is 2.43. The maximum Gasteiger partial charge on any atom is 0.237 e. The first-order chi connectivity index (χ1) is 23.8. The van der Waals surface area contributed by atoms with Crippen molar-refractivity contribution < 1.29 is 14.3 Å². The molecule has 2 aromatic carbocycles. The number of pyridine rings is 1. The Kier molecular flexibility index (Phi) is 7.95. The van der Waals surface area contributed by atoms with Gasteiger partial charge in [-0.15, -0.1) is 5.10 Å². The van der Waals surface area contributed by atoms with Gasteiger partial charge in [0.25, 0.3) is 0 Å². The van der Waals surface area contributed by atoms with Gasteiger partial charge in [0.15, 0.2) is 0 Å². The molecule has 1 N–H and O–H groups in total. The topological polar surface area (TPSA) is 125 Å². The van der Waals surface area contributed by atoms with Gasteiger partial charge in [-0.3, -0.25) is 19.6 Å². The molecule has 250 valence electrons. The Hall–Kier alpha value is -5.36. The number of nitrogens with zero attached hydrogens (tertiary/aromatic N) is 8. The summed E-state index contributed by atoms with van der Waals surface area (Å²) in [7, 11) is 0. The van der Waals surface area contributed by atoms with Crippen molar-refractivity contribution in [3.8, 4) is 22.8 Å². The van der Waals surface area contributed by atoms with Crippen LogP contribution in [-0.2, 0) is 9.59 Å². The highest BCUT2D eigenvalue weighted by molar-refractivity contribution is 6.03. The Morgan fingerprint density at radius 3 is 2.55 bits per heavy atom. The van der Waals surface area contributed by atoms with E-state index >= 15 is 0 Å². The number of anilines is 1.